The summed E-state index contributed by atoms with van der Waals surface area (Å²) in [4.78, 5) is 33.9. The number of hydrogen-bond acceptors (Lipinski definition) is 4. The molecule has 1 saturated heterocycles. The van der Waals surface area contributed by atoms with Crippen LogP contribution >= 0.6 is 0 Å². The van der Waals surface area contributed by atoms with E-state index in [-0.39, 0.29) is 17.4 Å². The molecule has 0 aliphatic carbocycles. The van der Waals surface area contributed by atoms with Crippen LogP contribution in [0.4, 0.5) is 5.69 Å². The second-order valence-corrected chi connectivity index (χ2v) is 7.92. The molecule has 150 valence electrons. The van der Waals surface area contributed by atoms with Gasteiger partial charge in [0.05, 0.1) is 10.9 Å². The highest BCUT2D eigenvalue weighted by molar-refractivity contribution is 5.88. The van der Waals surface area contributed by atoms with Crippen molar-refractivity contribution in [2.24, 2.45) is 0 Å². The molecule has 1 aliphatic rings. The predicted molar refractivity (Wildman–Crippen MR) is 115 cm³/mol. The molecule has 1 fully saturated rings. The van der Waals surface area contributed by atoms with E-state index in [0.717, 1.165) is 55.1 Å². The number of aryl methyl sites for hydroxylation is 1. The van der Waals surface area contributed by atoms with Crippen LogP contribution in [0, 0.1) is 6.92 Å². The summed E-state index contributed by atoms with van der Waals surface area (Å²) in [6, 6.07) is 13.8. The number of benzene rings is 2. The number of carbonyl (C=O) groups excluding carboxylic acids is 1. The Labute approximate surface area is 170 Å². The summed E-state index contributed by atoms with van der Waals surface area (Å²) >= 11 is 0. The minimum atomic E-state index is -0.0661. The summed E-state index contributed by atoms with van der Waals surface area (Å²) in [6.07, 6.45) is 2.10. The molecular weight excluding hydrogens is 364 g/mol. The number of nitrogens with one attached hydrogen (secondary N) is 2. The quantitative estimate of drug-likeness (QED) is 0.714. The van der Waals surface area contributed by atoms with Gasteiger partial charge >= 0.3 is 0 Å². The summed E-state index contributed by atoms with van der Waals surface area (Å²) < 4.78 is 0. The fraction of sp³-hybridized carbons (Fsp3) is 0.348. The number of aromatic nitrogens is 2. The van der Waals surface area contributed by atoms with Crippen LogP contribution in [-0.4, -0.2) is 33.9 Å². The van der Waals surface area contributed by atoms with E-state index in [1.807, 2.05) is 49.4 Å². The first-order chi connectivity index (χ1) is 14.0. The first kappa shape index (κ1) is 19.3. The number of aromatic amines is 1. The standard InChI is InChI=1S/C23H26N4O2/c1-15-5-10-21-20(12-15)23(29)26-22(25-21)18-4-3-11-27(14-18)13-17-6-8-19(9-7-17)24-16(2)28/h5-10,12,18H,3-4,11,13-14H2,1-2H3,(H,24,28)(H,25,26,29). The second-order valence-electron chi connectivity index (χ2n) is 7.92. The molecular formula is C23H26N4O2. The van der Waals surface area contributed by atoms with Crippen LogP contribution in [-0.2, 0) is 11.3 Å². The third-order valence-corrected chi connectivity index (χ3v) is 5.45. The van der Waals surface area contributed by atoms with Crippen molar-refractivity contribution in [3.05, 3.63) is 69.8 Å². The number of anilines is 1. The molecule has 6 nitrogen and oxygen atoms in total. The van der Waals surface area contributed by atoms with Crippen LogP contribution in [0.5, 0.6) is 0 Å². The first-order valence-corrected chi connectivity index (χ1v) is 10.1. The van der Waals surface area contributed by atoms with Crippen LogP contribution in [0.25, 0.3) is 10.9 Å². The van der Waals surface area contributed by atoms with Gasteiger partial charge < -0.3 is 10.3 Å². The van der Waals surface area contributed by atoms with Crippen LogP contribution in [0.15, 0.2) is 47.3 Å². The molecule has 0 spiro atoms. The number of carbonyl (C=O) groups is 1. The highest BCUT2D eigenvalue weighted by Crippen LogP contribution is 2.26. The van der Waals surface area contributed by atoms with Crippen molar-refractivity contribution in [2.45, 2.75) is 39.2 Å². The van der Waals surface area contributed by atoms with Gasteiger partial charge in [0.2, 0.25) is 5.91 Å². The molecule has 6 heteroatoms. The average Bonchev–Trinajstić information content (AvgIpc) is 2.70. The molecule has 29 heavy (non-hydrogen) atoms. The van der Waals surface area contributed by atoms with E-state index < -0.39 is 0 Å². The summed E-state index contributed by atoms with van der Waals surface area (Å²) in [5.41, 5.74) is 3.78. The smallest absolute Gasteiger partial charge is 0.258 e. The van der Waals surface area contributed by atoms with Crippen molar-refractivity contribution in [1.29, 1.82) is 0 Å². The predicted octanol–water partition coefficient (Wildman–Crippen LogP) is 3.57. The van der Waals surface area contributed by atoms with Crippen molar-refractivity contribution >= 4 is 22.5 Å². The maximum Gasteiger partial charge on any atom is 0.258 e. The fourth-order valence-electron chi connectivity index (χ4n) is 4.04. The Balaban J connectivity index is 1.48. The summed E-state index contributed by atoms with van der Waals surface area (Å²) in [6.45, 7) is 6.23. The number of piperidine rings is 1. The van der Waals surface area contributed by atoms with Crippen LogP contribution in [0.2, 0.25) is 0 Å². The highest BCUT2D eigenvalue weighted by atomic mass is 16.1. The summed E-state index contributed by atoms with van der Waals surface area (Å²) in [5.74, 6) is 0.946. The maximum atomic E-state index is 12.5. The molecule has 1 amide bonds. The Kier molecular flexibility index (Phi) is 5.45. The van der Waals surface area contributed by atoms with E-state index >= 15 is 0 Å². The monoisotopic (exact) mass is 390 g/mol. The van der Waals surface area contributed by atoms with Gasteiger partial charge in [-0.1, -0.05) is 23.8 Å². The topological polar surface area (TPSA) is 78.1 Å². The normalized spacial score (nSPS) is 17.4. The Morgan fingerprint density at radius 2 is 2.03 bits per heavy atom. The largest absolute Gasteiger partial charge is 0.326 e. The summed E-state index contributed by atoms with van der Waals surface area (Å²) in [7, 11) is 0. The van der Waals surface area contributed by atoms with E-state index in [2.05, 4.69) is 15.2 Å². The highest BCUT2D eigenvalue weighted by Gasteiger charge is 2.23. The van der Waals surface area contributed by atoms with Crippen LogP contribution in [0.3, 0.4) is 0 Å². The molecule has 2 N–H and O–H groups in total. The van der Waals surface area contributed by atoms with Gasteiger partial charge in [0.15, 0.2) is 0 Å². The van der Waals surface area contributed by atoms with Gasteiger partial charge in [0, 0.05) is 31.6 Å². The van der Waals surface area contributed by atoms with Crippen molar-refractivity contribution in [3.63, 3.8) is 0 Å². The van der Waals surface area contributed by atoms with Crippen molar-refractivity contribution in [1.82, 2.24) is 14.9 Å². The van der Waals surface area contributed by atoms with Gasteiger partial charge in [0.25, 0.3) is 5.56 Å². The Bertz CT molecular complexity index is 1090. The minimum Gasteiger partial charge on any atom is -0.326 e. The Hall–Kier alpha value is -2.99. The lowest BCUT2D eigenvalue weighted by atomic mass is 9.96. The van der Waals surface area contributed by atoms with E-state index in [1.54, 1.807) is 0 Å². The number of hydrogen-bond donors (Lipinski definition) is 2. The fourth-order valence-corrected chi connectivity index (χ4v) is 4.04. The van der Waals surface area contributed by atoms with Crippen molar-refractivity contribution in [3.8, 4) is 0 Å². The number of nitrogens with zero attached hydrogens (tertiary/aromatic N) is 2. The Morgan fingerprint density at radius 1 is 1.24 bits per heavy atom. The van der Waals surface area contributed by atoms with E-state index in [9.17, 15) is 9.59 Å². The number of H-pyrrole nitrogens is 1. The third-order valence-electron chi connectivity index (χ3n) is 5.45. The van der Waals surface area contributed by atoms with E-state index in [1.165, 1.54) is 12.5 Å². The lowest BCUT2D eigenvalue weighted by molar-refractivity contribution is -0.114. The zero-order valence-corrected chi connectivity index (χ0v) is 16.9. The SMILES string of the molecule is CC(=O)Nc1ccc(CN2CCCC(c3nc4ccc(C)cc4c(=O)[nH]3)C2)cc1. The Morgan fingerprint density at radius 3 is 2.79 bits per heavy atom. The molecule has 1 aliphatic heterocycles. The molecule has 4 rings (SSSR count). The van der Waals surface area contributed by atoms with E-state index in [0.29, 0.717) is 5.39 Å². The molecule has 1 unspecified atom stereocenters. The first-order valence-electron chi connectivity index (χ1n) is 10.1. The van der Waals surface area contributed by atoms with E-state index in [4.69, 9.17) is 4.98 Å². The third kappa shape index (κ3) is 4.54. The second kappa shape index (κ2) is 8.17. The molecule has 2 aromatic carbocycles. The zero-order valence-electron chi connectivity index (χ0n) is 16.9. The van der Waals surface area contributed by atoms with Crippen LogP contribution in [0.1, 0.15) is 42.6 Å². The maximum absolute atomic E-state index is 12.5. The molecule has 1 atom stereocenters. The van der Waals surface area contributed by atoms with Gasteiger partial charge in [-0.15, -0.1) is 0 Å². The molecule has 2 heterocycles. The van der Waals surface area contributed by atoms with Crippen molar-refractivity contribution in [2.75, 3.05) is 18.4 Å². The van der Waals surface area contributed by atoms with Gasteiger partial charge in [0.1, 0.15) is 5.82 Å². The van der Waals surface area contributed by atoms with Gasteiger partial charge in [-0.05, 0) is 56.1 Å². The van der Waals surface area contributed by atoms with Gasteiger partial charge in [-0.25, -0.2) is 4.98 Å². The average molecular weight is 390 g/mol. The molecule has 0 saturated carbocycles. The molecule has 0 bridgehead atoms. The minimum absolute atomic E-state index is 0.0561. The number of fused-ring (bicyclic) bond motifs is 1. The molecule has 0 radical (unpaired) electrons. The lowest BCUT2D eigenvalue weighted by Gasteiger charge is -2.32. The van der Waals surface area contributed by atoms with Crippen molar-refractivity contribution < 1.29 is 4.79 Å². The van der Waals surface area contributed by atoms with Gasteiger partial charge in [-0.2, -0.15) is 0 Å². The summed E-state index contributed by atoms with van der Waals surface area (Å²) in [5, 5.41) is 3.45. The molecule has 1 aromatic heterocycles. The number of likely N-dealkylation sites (tertiary alicyclic amines) is 1. The number of rotatable bonds is 4. The number of amides is 1. The lowest BCUT2D eigenvalue weighted by Crippen LogP contribution is -2.35. The van der Waals surface area contributed by atoms with Gasteiger partial charge in [-0.3, -0.25) is 14.5 Å². The van der Waals surface area contributed by atoms with Crippen LogP contribution < -0.4 is 10.9 Å². The molecule has 3 aromatic rings. The zero-order chi connectivity index (χ0) is 20.4.